The number of para-hydroxylation sites is 1. The monoisotopic (exact) mass is 646 g/mol. The van der Waals surface area contributed by atoms with Crippen LogP contribution in [0.5, 0.6) is 0 Å². The van der Waals surface area contributed by atoms with Gasteiger partial charge in [-0.1, -0.05) is 140 Å². The van der Waals surface area contributed by atoms with Crippen LogP contribution in [0.1, 0.15) is 0 Å². The molecular formula is C48H31BN2. The molecule has 0 spiro atoms. The molecule has 3 heterocycles. The lowest BCUT2D eigenvalue weighted by Gasteiger charge is -2.43. The van der Waals surface area contributed by atoms with Gasteiger partial charge in [-0.25, -0.2) is 0 Å². The van der Waals surface area contributed by atoms with Gasteiger partial charge in [-0.15, -0.1) is 0 Å². The molecule has 2 aliphatic heterocycles. The van der Waals surface area contributed by atoms with Crippen molar-refractivity contribution >= 4 is 51.0 Å². The molecule has 51 heavy (non-hydrogen) atoms. The van der Waals surface area contributed by atoms with Crippen LogP contribution in [0.15, 0.2) is 188 Å². The third-order valence-corrected chi connectivity index (χ3v) is 11.0. The van der Waals surface area contributed by atoms with Gasteiger partial charge in [-0.3, -0.25) is 0 Å². The third-order valence-electron chi connectivity index (χ3n) is 11.0. The summed E-state index contributed by atoms with van der Waals surface area (Å²) in [6, 6.07) is 69.2. The number of hydrogen-bond donors (Lipinski definition) is 0. The van der Waals surface area contributed by atoms with Crippen molar-refractivity contribution in [1.29, 1.82) is 0 Å². The van der Waals surface area contributed by atoms with E-state index < -0.39 is 0 Å². The first-order valence-electron chi connectivity index (χ1n) is 17.7. The van der Waals surface area contributed by atoms with E-state index >= 15 is 0 Å². The molecule has 0 amide bonds. The van der Waals surface area contributed by atoms with E-state index in [4.69, 9.17) is 0 Å². The molecule has 0 saturated heterocycles. The van der Waals surface area contributed by atoms with E-state index in [1.807, 2.05) is 0 Å². The topological polar surface area (TPSA) is 8.17 Å². The Kier molecular flexibility index (Phi) is 6.08. The van der Waals surface area contributed by atoms with E-state index in [0.717, 1.165) is 5.69 Å². The highest BCUT2D eigenvalue weighted by atomic mass is 15.1. The number of fused-ring (bicyclic) bond motifs is 14. The first-order valence-corrected chi connectivity index (χ1v) is 17.7. The quantitative estimate of drug-likeness (QED) is 0.174. The fourth-order valence-corrected chi connectivity index (χ4v) is 8.74. The van der Waals surface area contributed by atoms with Gasteiger partial charge < -0.3 is 9.38 Å². The number of rotatable bonds is 3. The van der Waals surface area contributed by atoms with Crippen LogP contribution in [-0.2, 0) is 0 Å². The minimum absolute atomic E-state index is 0.103. The summed E-state index contributed by atoms with van der Waals surface area (Å²) in [4.78, 5) is 2.57. The van der Waals surface area contributed by atoms with Crippen molar-refractivity contribution in [2.24, 2.45) is 0 Å². The lowest BCUT2D eigenvalue weighted by atomic mass is 9.43. The average Bonchev–Trinajstić information content (AvgIpc) is 3.54. The summed E-state index contributed by atoms with van der Waals surface area (Å²) >= 11 is 0. The van der Waals surface area contributed by atoms with Crippen molar-refractivity contribution < 1.29 is 0 Å². The lowest BCUT2D eigenvalue weighted by Crippen LogP contribution is -2.59. The average molecular weight is 647 g/mol. The van der Waals surface area contributed by atoms with Crippen molar-refractivity contribution in [2.75, 3.05) is 4.81 Å². The van der Waals surface area contributed by atoms with E-state index in [1.165, 1.54) is 88.6 Å². The fourth-order valence-electron chi connectivity index (χ4n) is 8.74. The Balaban J connectivity index is 1.16. The molecule has 0 aliphatic carbocycles. The second-order valence-electron chi connectivity index (χ2n) is 13.7. The molecule has 0 atom stereocenters. The van der Waals surface area contributed by atoms with Crippen LogP contribution in [0.2, 0.25) is 0 Å². The molecule has 236 valence electrons. The maximum absolute atomic E-state index is 2.57. The van der Waals surface area contributed by atoms with Crippen molar-refractivity contribution in [3.8, 4) is 50.2 Å². The maximum Gasteiger partial charge on any atom is 0.329 e. The molecule has 0 radical (unpaired) electrons. The fraction of sp³-hybridized carbons (Fsp3) is 0. The standard InChI is InChI=1S/C48H31BN2/c1-3-13-32(14-4-1)34-23-26-45-40(29-34)41-30-35(33-15-5-2-6-16-33)24-27-46(41)50(45)36-25-28-48-42(31-36)38-18-8-11-21-44(38)49-43-20-10-7-17-37(43)39-19-9-12-22-47(39)51(48)49/h1-31H. The van der Waals surface area contributed by atoms with Gasteiger partial charge in [0.2, 0.25) is 0 Å². The summed E-state index contributed by atoms with van der Waals surface area (Å²) in [7, 11) is 0. The van der Waals surface area contributed by atoms with E-state index in [-0.39, 0.29) is 6.85 Å². The van der Waals surface area contributed by atoms with Crippen molar-refractivity contribution in [2.45, 2.75) is 0 Å². The number of aromatic nitrogens is 1. The summed E-state index contributed by atoms with van der Waals surface area (Å²) < 4.78 is 2.46. The Morgan fingerprint density at radius 3 is 1.43 bits per heavy atom. The highest BCUT2D eigenvalue weighted by molar-refractivity contribution is 6.92. The molecule has 0 fully saturated rings. The zero-order chi connectivity index (χ0) is 33.5. The highest BCUT2D eigenvalue weighted by Crippen LogP contribution is 2.47. The molecule has 2 nitrogen and oxygen atoms in total. The van der Waals surface area contributed by atoms with Gasteiger partial charge in [0.25, 0.3) is 0 Å². The number of hydrogen-bond acceptors (Lipinski definition) is 1. The first kappa shape index (κ1) is 28.3. The van der Waals surface area contributed by atoms with Crippen LogP contribution >= 0.6 is 0 Å². The number of benzene rings is 8. The van der Waals surface area contributed by atoms with Gasteiger partial charge in [-0.05, 0) is 92.8 Å². The summed E-state index contributed by atoms with van der Waals surface area (Å²) in [5.41, 5.74) is 18.8. The van der Waals surface area contributed by atoms with Crippen LogP contribution < -0.4 is 15.7 Å². The van der Waals surface area contributed by atoms with Crippen LogP contribution in [0.3, 0.4) is 0 Å². The maximum atomic E-state index is 2.57. The summed E-state index contributed by atoms with van der Waals surface area (Å²) in [5.74, 6) is 0. The minimum atomic E-state index is 0.103. The second kappa shape index (κ2) is 11.0. The van der Waals surface area contributed by atoms with Crippen molar-refractivity contribution in [3.05, 3.63) is 188 Å². The predicted octanol–water partition coefficient (Wildman–Crippen LogP) is 11.0. The zero-order valence-corrected chi connectivity index (χ0v) is 27.9. The Morgan fingerprint density at radius 1 is 0.333 bits per heavy atom. The Bertz CT molecular complexity index is 2720. The normalized spacial score (nSPS) is 12.6. The van der Waals surface area contributed by atoms with Crippen LogP contribution in [0.25, 0.3) is 72.0 Å². The van der Waals surface area contributed by atoms with Crippen molar-refractivity contribution in [1.82, 2.24) is 4.57 Å². The Labute approximate surface area is 297 Å². The number of nitrogens with zero attached hydrogens (tertiary/aromatic N) is 2. The molecule has 9 aromatic rings. The minimum Gasteiger partial charge on any atom is -0.376 e. The predicted molar refractivity (Wildman–Crippen MR) is 216 cm³/mol. The van der Waals surface area contributed by atoms with Gasteiger partial charge in [-0.2, -0.15) is 0 Å². The van der Waals surface area contributed by atoms with E-state index in [1.54, 1.807) is 0 Å². The Morgan fingerprint density at radius 2 is 0.824 bits per heavy atom. The molecule has 0 N–H and O–H groups in total. The van der Waals surface area contributed by atoms with Gasteiger partial charge in [0.1, 0.15) is 0 Å². The zero-order valence-electron chi connectivity index (χ0n) is 27.9. The third kappa shape index (κ3) is 4.19. The van der Waals surface area contributed by atoms with Gasteiger partial charge >= 0.3 is 6.85 Å². The SMILES string of the molecule is c1ccc(-c2ccc3c(c2)c2cc(-c4ccccc4)ccc2n3-c2ccc3c(c2)-c2ccccc2B2c4ccccc4-c4ccccc4N23)cc1. The molecule has 0 unspecified atom stereocenters. The molecule has 3 heteroatoms. The molecule has 2 aliphatic rings. The smallest absolute Gasteiger partial charge is 0.329 e. The molecule has 11 rings (SSSR count). The summed E-state index contributed by atoms with van der Waals surface area (Å²) in [6.07, 6.45) is 0. The van der Waals surface area contributed by atoms with Gasteiger partial charge in [0, 0.05) is 39.0 Å². The second-order valence-corrected chi connectivity index (χ2v) is 13.7. The molecule has 0 bridgehead atoms. The Hall–Kier alpha value is -6.58. The van der Waals surface area contributed by atoms with E-state index in [2.05, 4.69) is 197 Å². The van der Waals surface area contributed by atoms with Crippen LogP contribution in [-0.4, -0.2) is 11.4 Å². The van der Waals surface area contributed by atoms with Crippen LogP contribution in [0, 0.1) is 0 Å². The van der Waals surface area contributed by atoms with Gasteiger partial charge in [0.15, 0.2) is 0 Å². The molecular weight excluding hydrogens is 615 g/mol. The largest absolute Gasteiger partial charge is 0.376 e. The summed E-state index contributed by atoms with van der Waals surface area (Å²) in [6.45, 7) is 0.103. The van der Waals surface area contributed by atoms with Crippen LogP contribution in [0.4, 0.5) is 11.4 Å². The van der Waals surface area contributed by atoms with Crippen molar-refractivity contribution in [3.63, 3.8) is 0 Å². The van der Waals surface area contributed by atoms with E-state index in [9.17, 15) is 0 Å². The molecule has 8 aromatic carbocycles. The molecule has 1 aromatic heterocycles. The highest BCUT2D eigenvalue weighted by Gasteiger charge is 2.42. The molecule has 0 saturated carbocycles. The van der Waals surface area contributed by atoms with E-state index in [0.29, 0.717) is 0 Å². The number of anilines is 2. The van der Waals surface area contributed by atoms with Gasteiger partial charge in [0.05, 0.1) is 11.0 Å². The first-order chi connectivity index (χ1) is 25.3. The summed E-state index contributed by atoms with van der Waals surface area (Å²) in [5, 5.41) is 2.51. The lowest BCUT2D eigenvalue weighted by molar-refractivity contribution is 1.18.